The van der Waals surface area contributed by atoms with Crippen molar-refractivity contribution in [1.82, 2.24) is 0 Å². The van der Waals surface area contributed by atoms with Crippen molar-refractivity contribution in [3.8, 4) is 0 Å². The molecule has 0 radical (unpaired) electrons. The summed E-state index contributed by atoms with van der Waals surface area (Å²) < 4.78 is 54.9. The van der Waals surface area contributed by atoms with E-state index < -0.39 is 40.7 Å². The first-order chi connectivity index (χ1) is 7.26. The van der Waals surface area contributed by atoms with Gasteiger partial charge in [-0.05, 0) is 0 Å². The van der Waals surface area contributed by atoms with Gasteiger partial charge in [-0.3, -0.25) is 9.00 Å². The number of ether oxygens (including phenoxy) is 2. The zero-order valence-corrected chi connectivity index (χ0v) is 9.69. The fourth-order valence-electron chi connectivity index (χ4n) is 0.767. The van der Waals surface area contributed by atoms with Crippen LogP contribution in [0.4, 0.5) is 13.2 Å². The summed E-state index contributed by atoms with van der Waals surface area (Å²) in [5, 5.41) is -0.597. The van der Waals surface area contributed by atoms with Crippen molar-refractivity contribution in [1.29, 1.82) is 0 Å². The molecule has 0 aliphatic carbocycles. The highest BCUT2D eigenvalue weighted by atomic mass is 32.2. The van der Waals surface area contributed by atoms with Crippen LogP contribution in [0.3, 0.4) is 0 Å². The summed E-state index contributed by atoms with van der Waals surface area (Å²) in [7, 11) is -0.466. The Bertz CT molecular complexity index is 254. The molecular weight excluding hydrogens is 249 g/mol. The molecule has 2 atom stereocenters. The molecule has 0 saturated heterocycles. The van der Waals surface area contributed by atoms with E-state index in [4.69, 9.17) is 0 Å². The van der Waals surface area contributed by atoms with Gasteiger partial charge in [0.25, 0.3) is 0 Å². The first-order valence-electron chi connectivity index (χ1n) is 4.34. The van der Waals surface area contributed by atoms with Crippen molar-refractivity contribution in [3.63, 3.8) is 0 Å². The zero-order chi connectivity index (χ0) is 12.8. The summed E-state index contributed by atoms with van der Waals surface area (Å²) in [6, 6.07) is 0. The minimum atomic E-state index is -4.43. The van der Waals surface area contributed by atoms with E-state index in [9.17, 15) is 22.2 Å². The Hall–Kier alpha value is -0.630. The van der Waals surface area contributed by atoms with Gasteiger partial charge < -0.3 is 9.47 Å². The van der Waals surface area contributed by atoms with Crippen LogP contribution in [0.2, 0.25) is 0 Å². The lowest BCUT2D eigenvalue weighted by atomic mass is 10.3. The molecule has 0 heterocycles. The smallest absolute Gasteiger partial charge is 0.411 e. The predicted molar refractivity (Wildman–Crippen MR) is 51.1 cm³/mol. The molecular formula is C8H13F3O4S. The predicted octanol–water partition coefficient (Wildman–Crippen LogP) is 1.22. The SMILES string of the molecule is COC(=O)CC(C)S(=O)COCC(F)(F)F. The molecule has 0 rings (SSSR count). The third-order valence-corrected chi connectivity index (χ3v) is 3.06. The first kappa shape index (κ1) is 15.4. The Labute approximate surface area is 93.6 Å². The number of rotatable bonds is 6. The largest absolute Gasteiger partial charge is 0.469 e. The second kappa shape index (κ2) is 6.85. The Morgan fingerprint density at radius 2 is 2.00 bits per heavy atom. The summed E-state index contributed by atoms with van der Waals surface area (Å²) >= 11 is 0. The van der Waals surface area contributed by atoms with Crippen LogP contribution in [-0.2, 0) is 25.1 Å². The van der Waals surface area contributed by atoms with E-state index in [1.807, 2.05) is 0 Å². The van der Waals surface area contributed by atoms with Crippen molar-refractivity contribution in [2.24, 2.45) is 0 Å². The number of hydrogen-bond acceptors (Lipinski definition) is 4. The van der Waals surface area contributed by atoms with Gasteiger partial charge in [-0.2, -0.15) is 13.2 Å². The average molecular weight is 262 g/mol. The maximum Gasteiger partial charge on any atom is 0.411 e. The molecule has 4 nitrogen and oxygen atoms in total. The second-order valence-corrected chi connectivity index (χ2v) is 4.86. The van der Waals surface area contributed by atoms with E-state index in [-0.39, 0.29) is 6.42 Å². The number of halogens is 3. The maximum atomic E-state index is 11.7. The van der Waals surface area contributed by atoms with Gasteiger partial charge in [0.2, 0.25) is 0 Å². The van der Waals surface area contributed by atoms with Gasteiger partial charge in [0.05, 0.1) is 24.3 Å². The van der Waals surface area contributed by atoms with Gasteiger partial charge in [0, 0.05) is 5.25 Å². The monoisotopic (exact) mass is 262 g/mol. The molecule has 0 saturated carbocycles. The third-order valence-electron chi connectivity index (χ3n) is 1.60. The highest BCUT2D eigenvalue weighted by molar-refractivity contribution is 7.85. The minimum Gasteiger partial charge on any atom is -0.469 e. The van der Waals surface area contributed by atoms with Crippen LogP contribution in [0.15, 0.2) is 0 Å². The van der Waals surface area contributed by atoms with Gasteiger partial charge in [0.15, 0.2) is 0 Å². The summed E-state index contributed by atoms with van der Waals surface area (Å²) in [5.74, 6) is -1.10. The molecule has 0 bridgehead atoms. The van der Waals surface area contributed by atoms with Crippen molar-refractivity contribution in [2.45, 2.75) is 24.8 Å². The fraction of sp³-hybridized carbons (Fsp3) is 0.875. The molecule has 0 N–H and O–H groups in total. The summed E-state index contributed by atoms with van der Waals surface area (Å²) in [6.45, 7) is 0.0354. The number of hydrogen-bond donors (Lipinski definition) is 0. The van der Waals surface area contributed by atoms with Crippen LogP contribution in [0, 0.1) is 0 Å². The van der Waals surface area contributed by atoms with Gasteiger partial charge in [0.1, 0.15) is 12.5 Å². The van der Waals surface area contributed by atoms with Crippen LogP contribution in [0.25, 0.3) is 0 Å². The number of methoxy groups -OCH3 is 1. The Morgan fingerprint density at radius 3 is 2.44 bits per heavy atom. The molecule has 0 fully saturated rings. The van der Waals surface area contributed by atoms with Gasteiger partial charge in [-0.15, -0.1) is 0 Å². The summed E-state index contributed by atoms with van der Waals surface area (Å²) in [6.07, 6.45) is -4.55. The Kier molecular flexibility index (Phi) is 6.58. The van der Waals surface area contributed by atoms with E-state index in [0.29, 0.717) is 0 Å². The fourth-order valence-corrected chi connectivity index (χ4v) is 1.57. The van der Waals surface area contributed by atoms with E-state index in [0.717, 1.165) is 0 Å². The third kappa shape index (κ3) is 7.63. The summed E-state index contributed by atoms with van der Waals surface area (Å²) in [5.41, 5.74) is 0. The second-order valence-electron chi connectivity index (χ2n) is 3.05. The van der Waals surface area contributed by atoms with E-state index in [1.165, 1.54) is 14.0 Å². The lowest BCUT2D eigenvalue weighted by Gasteiger charge is -2.11. The maximum absolute atomic E-state index is 11.7. The molecule has 0 aromatic heterocycles. The van der Waals surface area contributed by atoms with Crippen LogP contribution >= 0.6 is 0 Å². The molecule has 16 heavy (non-hydrogen) atoms. The molecule has 2 unspecified atom stereocenters. The van der Waals surface area contributed by atoms with Gasteiger partial charge >= 0.3 is 12.1 Å². The molecule has 0 spiro atoms. The zero-order valence-electron chi connectivity index (χ0n) is 8.87. The minimum absolute atomic E-state index is 0.113. The van der Waals surface area contributed by atoms with Crippen molar-refractivity contribution in [2.75, 3.05) is 19.7 Å². The number of alkyl halides is 3. The quantitative estimate of drug-likeness (QED) is 0.675. The Morgan fingerprint density at radius 1 is 1.44 bits per heavy atom. The molecule has 0 aromatic rings. The lowest BCUT2D eigenvalue weighted by Crippen LogP contribution is -2.23. The topological polar surface area (TPSA) is 52.6 Å². The lowest BCUT2D eigenvalue weighted by molar-refractivity contribution is -0.169. The van der Waals surface area contributed by atoms with E-state index >= 15 is 0 Å². The standard InChI is InChI=1S/C8H13F3O4S/c1-6(3-7(12)14-2)16(13)5-15-4-8(9,10)11/h6H,3-5H2,1-2H3. The van der Waals surface area contributed by atoms with Crippen LogP contribution in [-0.4, -0.2) is 41.3 Å². The molecule has 0 aromatic carbocycles. The molecule has 96 valence electrons. The van der Waals surface area contributed by atoms with Gasteiger partial charge in [-0.1, -0.05) is 6.92 Å². The average Bonchev–Trinajstić information content (AvgIpc) is 2.15. The molecule has 8 heteroatoms. The molecule has 0 aliphatic heterocycles. The van der Waals surface area contributed by atoms with E-state index in [1.54, 1.807) is 0 Å². The number of esters is 1. The van der Waals surface area contributed by atoms with Crippen molar-refractivity contribution >= 4 is 16.8 Å². The highest BCUT2D eigenvalue weighted by Gasteiger charge is 2.28. The first-order valence-corrected chi connectivity index (χ1v) is 5.73. The van der Waals surface area contributed by atoms with Crippen LogP contribution < -0.4 is 0 Å². The van der Waals surface area contributed by atoms with Crippen LogP contribution in [0.5, 0.6) is 0 Å². The molecule has 0 aliphatic rings. The normalized spacial score (nSPS) is 15.6. The molecule has 0 amide bonds. The number of carbonyl (C=O) groups excluding carboxylic acids is 1. The number of carbonyl (C=O) groups is 1. The highest BCUT2D eigenvalue weighted by Crippen LogP contribution is 2.15. The van der Waals surface area contributed by atoms with E-state index in [2.05, 4.69) is 9.47 Å². The summed E-state index contributed by atoms with van der Waals surface area (Å²) in [4.78, 5) is 10.8. The Balaban J connectivity index is 3.84. The van der Waals surface area contributed by atoms with Crippen molar-refractivity contribution < 1.29 is 31.6 Å². The van der Waals surface area contributed by atoms with Crippen LogP contribution in [0.1, 0.15) is 13.3 Å². The van der Waals surface area contributed by atoms with Crippen molar-refractivity contribution in [3.05, 3.63) is 0 Å². The van der Waals surface area contributed by atoms with Gasteiger partial charge in [-0.25, -0.2) is 0 Å².